The first-order valence-corrected chi connectivity index (χ1v) is 6.32. The maximum Gasteiger partial charge on any atom is 0.267 e. The number of nitrogens with one attached hydrogen (secondary N) is 2. The van der Waals surface area contributed by atoms with Gasteiger partial charge in [-0.25, -0.2) is 0 Å². The van der Waals surface area contributed by atoms with Gasteiger partial charge in [0.1, 0.15) is 5.69 Å². The Morgan fingerprint density at radius 1 is 1.25 bits per heavy atom. The quantitative estimate of drug-likeness (QED) is 0.729. The zero-order valence-corrected chi connectivity index (χ0v) is 11.8. The van der Waals surface area contributed by atoms with Gasteiger partial charge in [-0.1, -0.05) is 18.2 Å². The molecule has 1 amide bonds. The van der Waals surface area contributed by atoms with Crippen LogP contribution in [0.1, 0.15) is 23.3 Å². The first kappa shape index (κ1) is 16.2. The number of carbonyl (C=O) groups excluding carboxylic acids is 1. The smallest absolute Gasteiger partial charge is 0.267 e. The van der Waals surface area contributed by atoms with Crippen LogP contribution in [0.15, 0.2) is 35.1 Å². The van der Waals surface area contributed by atoms with Gasteiger partial charge in [-0.15, -0.1) is 12.4 Å². The molecule has 0 aliphatic heterocycles. The maximum absolute atomic E-state index is 11.9. The van der Waals surface area contributed by atoms with Crippen molar-refractivity contribution in [3.05, 3.63) is 46.4 Å². The number of carbonyl (C=O) groups is 1. The first-order valence-electron chi connectivity index (χ1n) is 6.32. The number of nitrogens with two attached hydrogens (primary N) is 1. The second-order valence-electron chi connectivity index (χ2n) is 4.35. The number of fused-ring (bicyclic) bond motifs is 1. The van der Waals surface area contributed by atoms with Gasteiger partial charge in [-0.05, 0) is 36.9 Å². The van der Waals surface area contributed by atoms with Crippen molar-refractivity contribution in [3.8, 4) is 0 Å². The van der Waals surface area contributed by atoms with Crippen LogP contribution in [0.25, 0.3) is 10.8 Å². The lowest BCUT2D eigenvalue weighted by molar-refractivity contribution is 0.0948. The third-order valence-corrected chi connectivity index (χ3v) is 2.91. The summed E-state index contributed by atoms with van der Waals surface area (Å²) < 4.78 is 0. The Kier molecular flexibility index (Phi) is 6.21. The topological polar surface area (TPSA) is 88.0 Å². The standard InChI is InChI=1S/C14H17N3O2.ClH/c15-7-3-4-8-16-14(19)12-9-10-5-1-2-6-11(10)13(18)17-12;/h1-2,5-6,9H,3-4,7-8,15H2,(H,16,19)(H,17,18);1H. The Morgan fingerprint density at radius 3 is 2.75 bits per heavy atom. The van der Waals surface area contributed by atoms with E-state index in [1.165, 1.54) is 0 Å². The molecular weight excluding hydrogens is 278 g/mol. The molecule has 6 heteroatoms. The van der Waals surface area contributed by atoms with Gasteiger partial charge < -0.3 is 16.0 Å². The summed E-state index contributed by atoms with van der Waals surface area (Å²) in [4.78, 5) is 26.3. The average molecular weight is 296 g/mol. The third kappa shape index (κ3) is 3.82. The molecule has 2 rings (SSSR count). The summed E-state index contributed by atoms with van der Waals surface area (Å²) in [5.41, 5.74) is 5.42. The summed E-state index contributed by atoms with van der Waals surface area (Å²) >= 11 is 0. The minimum Gasteiger partial charge on any atom is -0.351 e. The number of hydrogen-bond acceptors (Lipinski definition) is 3. The predicted molar refractivity (Wildman–Crippen MR) is 82.4 cm³/mol. The van der Waals surface area contributed by atoms with E-state index in [1.54, 1.807) is 18.2 Å². The fourth-order valence-corrected chi connectivity index (χ4v) is 1.90. The van der Waals surface area contributed by atoms with Gasteiger partial charge in [0.2, 0.25) is 0 Å². The fourth-order valence-electron chi connectivity index (χ4n) is 1.90. The van der Waals surface area contributed by atoms with E-state index in [0.717, 1.165) is 18.2 Å². The van der Waals surface area contributed by atoms with Crippen molar-refractivity contribution in [2.45, 2.75) is 12.8 Å². The molecule has 0 fully saturated rings. The zero-order valence-electron chi connectivity index (χ0n) is 11.0. The Balaban J connectivity index is 0.00000200. The second kappa shape index (κ2) is 7.67. The van der Waals surface area contributed by atoms with E-state index in [1.807, 2.05) is 12.1 Å². The molecule has 0 atom stereocenters. The number of hydrogen-bond donors (Lipinski definition) is 3. The van der Waals surface area contributed by atoms with Gasteiger partial charge in [-0.3, -0.25) is 9.59 Å². The van der Waals surface area contributed by atoms with Crippen LogP contribution < -0.4 is 16.6 Å². The van der Waals surface area contributed by atoms with Crippen LogP contribution in [0.3, 0.4) is 0 Å². The number of rotatable bonds is 5. The van der Waals surface area contributed by atoms with E-state index in [2.05, 4.69) is 10.3 Å². The van der Waals surface area contributed by atoms with Crippen molar-refractivity contribution in [2.24, 2.45) is 5.73 Å². The normalized spacial score (nSPS) is 10.1. The highest BCUT2D eigenvalue weighted by atomic mass is 35.5. The lowest BCUT2D eigenvalue weighted by Gasteiger charge is -2.05. The van der Waals surface area contributed by atoms with Crippen LogP contribution in [-0.2, 0) is 0 Å². The average Bonchev–Trinajstić information content (AvgIpc) is 2.43. The molecule has 20 heavy (non-hydrogen) atoms. The lowest BCUT2D eigenvalue weighted by atomic mass is 10.1. The number of unbranched alkanes of at least 4 members (excludes halogenated alkanes) is 1. The van der Waals surface area contributed by atoms with Gasteiger partial charge in [0.25, 0.3) is 11.5 Å². The zero-order chi connectivity index (χ0) is 13.7. The first-order chi connectivity index (χ1) is 9.22. The molecule has 0 radical (unpaired) electrons. The van der Waals surface area contributed by atoms with Crippen LogP contribution in [0.5, 0.6) is 0 Å². The highest BCUT2D eigenvalue weighted by Gasteiger charge is 2.08. The van der Waals surface area contributed by atoms with E-state index in [0.29, 0.717) is 18.5 Å². The minimum absolute atomic E-state index is 0. The number of H-pyrrole nitrogens is 1. The van der Waals surface area contributed by atoms with Crippen LogP contribution in [-0.4, -0.2) is 24.0 Å². The van der Waals surface area contributed by atoms with Crippen molar-refractivity contribution >= 4 is 29.1 Å². The monoisotopic (exact) mass is 295 g/mol. The molecule has 2 aromatic rings. The summed E-state index contributed by atoms with van der Waals surface area (Å²) in [5, 5.41) is 4.11. The SMILES string of the molecule is Cl.NCCCCNC(=O)c1cc2ccccc2c(=O)[nH]1. The Bertz CT molecular complexity index is 640. The summed E-state index contributed by atoms with van der Waals surface area (Å²) in [6, 6.07) is 8.87. The molecule has 1 aromatic heterocycles. The second-order valence-corrected chi connectivity index (χ2v) is 4.35. The molecule has 0 saturated carbocycles. The number of aromatic nitrogens is 1. The van der Waals surface area contributed by atoms with Crippen molar-refractivity contribution in [2.75, 3.05) is 13.1 Å². The van der Waals surface area contributed by atoms with E-state index < -0.39 is 0 Å². The maximum atomic E-state index is 11.9. The number of aromatic amines is 1. The van der Waals surface area contributed by atoms with Crippen LogP contribution in [0.4, 0.5) is 0 Å². The largest absolute Gasteiger partial charge is 0.351 e. The summed E-state index contributed by atoms with van der Waals surface area (Å²) in [7, 11) is 0. The number of benzene rings is 1. The fraction of sp³-hybridized carbons (Fsp3) is 0.286. The predicted octanol–water partition coefficient (Wildman–Crippen LogP) is 1.42. The summed E-state index contributed by atoms with van der Waals surface area (Å²) in [6.45, 7) is 1.17. The Labute approximate surface area is 123 Å². The number of halogens is 1. The van der Waals surface area contributed by atoms with Gasteiger partial charge in [-0.2, -0.15) is 0 Å². The lowest BCUT2D eigenvalue weighted by Crippen LogP contribution is -2.27. The van der Waals surface area contributed by atoms with E-state index >= 15 is 0 Å². The van der Waals surface area contributed by atoms with Crippen LogP contribution >= 0.6 is 12.4 Å². The van der Waals surface area contributed by atoms with Gasteiger partial charge in [0.15, 0.2) is 0 Å². The van der Waals surface area contributed by atoms with Gasteiger partial charge in [0, 0.05) is 11.9 Å². The molecular formula is C14H18ClN3O2. The highest BCUT2D eigenvalue weighted by Crippen LogP contribution is 2.09. The third-order valence-electron chi connectivity index (χ3n) is 2.91. The molecule has 0 aliphatic rings. The molecule has 0 saturated heterocycles. The van der Waals surface area contributed by atoms with Crippen molar-refractivity contribution < 1.29 is 4.79 Å². The van der Waals surface area contributed by atoms with Crippen LogP contribution in [0, 0.1) is 0 Å². The Hall–Kier alpha value is -1.85. The molecule has 1 aromatic carbocycles. The van der Waals surface area contributed by atoms with Crippen molar-refractivity contribution in [1.29, 1.82) is 0 Å². The summed E-state index contributed by atoms with van der Waals surface area (Å²) in [6.07, 6.45) is 1.70. The molecule has 0 spiro atoms. The molecule has 1 heterocycles. The summed E-state index contributed by atoms with van der Waals surface area (Å²) in [5.74, 6) is -0.264. The number of amides is 1. The van der Waals surface area contributed by atoms with Gasteiger partial charge in [0.05, 0.1) is 0 Å². The molecule has 108 valence electrons. The Morgan fingerprint density at radius 2 is 2.00 bits per heavy atom. The molecule has 0 bridgehead atoms. The van der Waals surface area contributed by atoms with Gasteiger partial charge >= 0.3 is 0 Å². The van der Waals surface area contributed by atoms with E-state index in [4.69, 9.17) is 5.73 Å². The van der Waals surface area contributed by atoms with E-state index in [-0.39, 0.29) is 29.6 Å². The van der Waals surface area contributed by atoms with Crippen molar-refractivity contribution in [1.82, 2.24) is 10.3 Å². The molecule has 4 N–H and O–H groups in total. The molecule has 5 nitrogen and oxygen atoms in total. The van der Waals surface area contributed by atoms with Crippen molar-refractivity contribution in [3.63, 3.8) is 0 Å². The number of pyridine rings is 1. The minimum atomic E-state index is -0.264. The molecule has 0 aliphatic carbocycles. The van der Waals surface area contributed by atoms with E-state index in [9.17, 15) is 9.59 Å². The highest BCUT2D eigenvalue weighted by molar-refractivity contribution is 5.96. The molecule has 0 unspecified atom stereocenters. The van der Waals surface area contributed by atoms with Crippen LogP contribution in [0.2, 0.25) is 0 Å².